The second-order valence-corrected chi connectivity index (χ2v) is 6.57. The Balaban J connectivity index is 1.37. The molecule has 2 aromatic heterocycles. The number of aromatic nitrogens is 2. The second kappa shape index (κ2) is 6.32. The highest BCUT2D eigenvalue weighted by molar-refractivity contribution is 5.86. The zero-order valence-electron chi connectivity index (χ0n) is 14.2. The van der Waals surface area contributed by atoms with Crippen LogP contribution >= 0.6 is 0 Å². The summed E-state index contributed by atoms with van der Waals surface area (Å²) in [4.78, 5) is 6.67. The van der Waals surface area contributed by atoms with Crippen molar-refractivity contribution < 1.29 is 9.15 Å². The summed E-state index contributed by atoms with van der Waals surface area (Å²) in [6, 6.07) is 8.40. The van der Waals surface area contributed by atoms with Crippen LogP contribution in [0.25, 0.3) is 10.9 Å². The topological polar surface area (TPSA) is 43.4 Å². The highest BCUT2D eigenvalue weighted by atomic mass is 16.5. The van der Waals surface area contributed by atoms with Gasteiger partial charge in [0.15, 0.2) is 0 Å². The first-order valence-corrected chi connectivity index (χ1v) is 8.53. The lowest BCUT2D eigenvalue weighted by atomic mass is 10.1. The molecule has 1 saturated heterocycles. The molecule has 0 N–H and O–H groups in total. The first kappa shape index (κ1) is 15.3. The Labute approximate surface area is 141 Å². The average molecular weight is 325 g/mol. The fraction of sp³-hybridized carbons (Fsp3) is 0.421. The molecular weight excluding hydrogens is 302 g/mol. The van der Waals surface area contributed by atoms with E-state index in [0.717, 1.165) is 49.9 Å². The van der Waals surface area contributed by atoms with E-state index in [-0.39, 0.29) is 6.10 Å². The second-order valence-electron chi connectivity index (χ2n) is 6.57. The molecule has 0 spiro atoms. The van der Waals surface area contributed by atoms with Gasteiger partial charge >= 0.3 is 0 Å². The molecular formula is C19H23N3O2. The number of likely N-dealkylation sites (tertiary alicyclic amines) is 1. The lowest BCUT2D eigenvalue weighted by Gasteiger charge is -2.31. The lowest BCUT2D eigenvalue weighted by molar-refractivity contribution is 0.0927. The highest BCUT2D eigenvalue weighted by Gasteiger charge is 2.22. The zero-order chi connectivity index (χ0) is 16.5. The summed E-state index contributed by atoms with van der Waals surface area (Å²) in [5, 5.41) is 1.19. The van der Waals surface area contributed by atoms with Gasteiger partial charge in [0.25, 0.3) is 0 Å². The smallest absolute Gasteiger partial charge is 0.208 e. The highest BCUT2D eigenvalue weighted by Crippen LogP contribution is 2.28. The van der Waals surface area contributed by atoms with Crippen molar-refractivity contribution in [3.8, 4) is 5.75 Å². The Morgan fingerprint density at radius 1 is 1.25 bits per heavy atom. The maximum absolute atomic E-state index is 6.31. The van der Waals surface area contributed by atoms with Crippen LogP contribution in [0.15, 0.2) is 41.1 Å². The first-order chi connectivity index (χ1) is 11.7. The molecule has 1 aliphatic heterocycles. The number of piperidine rings is 1. The summed E-state index contributed by atoms with van der Waals surface area (Å²) in [7, 11) is 2.06. The van der Waals surface area contributed by atoms with Crippen LogP contribution in [0.2, 0.25) is 0 Å². The standard InChI is InChI=1S/C19H23N3O2/c1-14-12-20-19(23-14)13-22-10-6-15(7-11-22)24-18-5-3-4-17-16(18)8-9-21(17)2/h3-5,8-9,12,15H,6-7,10-11,13H2,1-2H3. The maximum atomic E-state index is 6.31. The van der Waals surface area contributed by atoms with Gasteiger partial charge in [-0.1, -0.05) is 6.07 Å². The van der Waals surface area contributed by atoms with E-state index >= 15 is 0 Å². The summed E-state index contributed by atoms with van der Waals surface area (Å²) in [5.74, 6) is 2.68. The van der Waals surface area contributed by atoms with E-state index in [0.29, 0.717) is 0 Å². The molecule has 0 amide bonds. The number of oxazole rings is 1. The molecule has 24 heavy (non-hydrogen) atoms. The third-order valence-electron chi connectivity index (χ3n) is 4.74. The molecule has 3 aromatic rings. The number of hydrogen-bond donors (Lipinski definition) is 0. The molecule has 5 nitrogen and oxygen atoms in total. The van der Waals surface area contributed by atoms with Gasteiger partial charge in [-0.15, -0.1) is 0 Å². The van der Waals surface area contributed by atoms with E-state index in [1.165, 1.54) is 10.9 Å². The van der Waals surface area contributed by atoms with Crippen LogP contribution in [0.5, 0.6) is 5.75 Å². The summed E-state index contributed by atoms with van der Waals surface area (Å²) in [5.41, 5.74) is 1.21. The summed E-state index contributed by atoms with van der Waals surface area (Å²) in [6.07, 6.45) is 6.20. The molecule has 0 unspecified atom stereocenters. The van der Waals surface area contributed by atoms with E-state index in [9.17, 15) is 0 Å². The predicted octanol–water partition coefficient (Wildman–Crippen LogP) is 3.52. The van der Waals surface area contributed by atoms with E-state index in [1.807, 2.05) is 6.92 Å². The molecule has 3 heterocycles. The number of rotatable bonds is 4. The molecule has 126 valence electrons. The number of nitrogens with zero attached hydrogens (tertiary/aromatic N) is 3. The van der Waals surface area contributed by atoms with E-state index in [4.69, 9.17) is 9.15 Å². The zero-order valence-corrected chi connectivity index (χ0v) is 14.2. The normalized spacial score (nSPS) is 16.8. The number of ether oxygens (including phenoxy) is 1. The van der Waals surface area contributed by atoms with Crippen molar-refractivity contribution >= 4 is 10.9 Å². The van der Waals surface area contributed by atoms with Crippen LogP contribution in [0.1, 0.15) is 24.5 Å². The number of fused-ring (bicyclic) bond motifs is 1. The molecule has 0 bridgehead atoms. The van der Waals surface area contributed by atoms with Gasteiger partial charge in [0, 0.05) is 31.7 Å². The minimum Gasteiger partial charge on any atom is -0.490 e. The molecule has 5 heteroatoms. The summed E-state index contributed by atoms with van der Waals surface area (Å²) >= 11 is 0. The Bertz CT molecular complexity index is 828. The van der Waals surface area contributed by atoms with Crippen molar-refractivity contribution in [2.75, 3.05) is 13.1 Å². The van der Waals surface area contributed by atoms with E-state index < -0.39 is 0 Å². The third kappa shape index (κ3) is 3.04. The fourth-order valence-electron chi connectivity index (χ4n) is 3.41. The molecule has 0 saturated carbocycles. The number of hydrogen-bond acceptors (Lipinski definition) is 4. The van der Waals surface area contributed by atoms with Crippen LogP contribution in [-0.2, 0) is 13.6 Å². The number of benzene rings is 1. The fourth-order valence-corrected chi connectivity index (χ4v) is 3.41. The van der Waals surface area contributed by atoms with Crippen molar-refractivity contribution in [2.45, 2.75) is 32.4 Å². The van der Waals surface area contributed by atoms with Gasteiger partial charge in [-0.05, 0) is 38.0 Å². The molecule has 0 aliphatic carbocycles. The Kier molecular flexibility index (Phi) is 4.02. The maximum Gasteiger partial charge on any atom is 0.208 e. The molecule has 0 radical (unpaired) electrons. The van der Waals surface area contributed by atoms with Crippen LogP contribution < -0.4 is 4.74 Å². The van der Waals surface area contributed by atoms with Gasteiger partial charge in [0.05, 0.1) is 18.3 Å². The number of aryl methyl sites for hydroxylation is 2. The Hall–Kier alpha value is -2.27. The van der Waals surface area contributed by atoms with Crippen molar-refractivity contribution in [2.24, 2.45) is 7.05 Å². The van der Waals surface area contributed by atoms with Gasteiger partial charge in [-0.2, -0.15) is 0 Å². The van der Waals surface area contributed by atoms with Gasteiger partial charge < -0.3 is 13.7 Å². The third-order valence-corrected chi connectivity index (χ3v) is 4.74. The SMILES string of the molecule is Cc1cnc(CN2CCC(Oc3cccc4c3ccn4C)CC2)o1. The summed E-state index contributed by atoms with van der Waals surface area (Å²) in [6.45, 7) is 4.74. The monoisotopic (exact) mass is 325 g/mol. The average Bonchev–Trinajstić information content (AvgIpc) is 3.16. The van der Waals surface area contributed by atoms with Crippen molar-refractivity contribution in [1.29, 1.82) is 0 Å². The van der Waals surface area contributed by atoms with Crippen LogP contribution in [-0.4, -0.2) is 33.6 Å². The lowest BCUT2D eigenvalue weighted by Crippen LogP contribution is -2.37. The molecule has 1 fully saturated rings. The molecule has 1 aliphatic rings. The van der Waals surface area contributed by atoms with Crippen LogP contribution in [0.4, 0.5) is 0 Å². The van der Waals surface area contributed by atoms with Crippen LogP contribution in [0, 0.1) is 6.92 Å². The van der Waals surface area contributed by atoms with Gasteiger partial charge in [-0.25, -0.2) is 4.98 Å². The quantitative estimate of drug-likeness (QED) is 0.736. The van der Waals surface area contributed by atoms with Crippen LogP contribution in [0.3, 0.4) is 0 Å². The van der Waals surface area contributed by atoms with Crippen molar-refractivity contribution in [3.63, 3.8) is 0 Å². The predicted molar refractivity (Wildman–Crippen MR) is 93.1 cm³/mol. The largest absolute Gasteiger partial charge is 0.490 e. The summed E-state index contributed by atoms with van der Waals surface area (Å²) < 4.78 is 14.0. The Morgan fingerprint density at radius 2 is 2.08 bits per heavy atom. The van der Waals surface area contributed by atoms with Crippen molar-refractivity contribution in [3.05, 3.63) is 48.3 Å². The minimum atomic E-state index is 0.276. The van der Waals surface area contributed by atoms with Crippen molar-refractivity contribution in [1.82, 2.24) is 14.5 Å². The van der Waals surface area contributed by atoms with E-state index in [2.05, 4.69) is 52.0 Å². The van der Waals surface area contributed by atoms with Gasteiger partial charge in [0.2, 0.25) is 5.89 Å². The first-order valence-electron chi connectivity index (χ1n) is 8.53. The minimum absolute atomic E-state index is 0.276. The van der Waals surface area contributed by atoms with Gasteiger partial charge in [-0.3, -0.25) is 4.90 Å². The molecule has 1 aromatic carbocycles. The van der Waals surface area contributed by atoms with E-state index in [1.54, 1.807) is 6.20 Å². The van der Waals surface area contributed by atoms with Gasteiger partial charge in [0.1, 0.15) is 17.6 Å². The Morgan fingerprint density at radius 3 is 2.83 bits per heavy atom. The molecule has 4 rings (SSSR count). The molecule has 0 atom stereocenters.